The van der Waals surface area contributed by atoms with Gasteiger partial charge in [-0.1, -0.05) is 0 Å². The summed E-state index contributed by atoms with van der Waals surface area (Å²) in [7, 11) is 0. The van der Waals surface area contributed by atoms with Crippen molar-refractivity contribution < 1.29 is 19.3 Å². The normalized spacial score (nSPS) is 63.9. The second-order valence-electron chi connectivity index (χ2n) is 2.93. The van der Waals surface area contributed by atoms with Crippen LogP contribution in [0.3, 0.4) is 0 Å². The van der Waals surface area contributed by atoms with Crippen LogP contribution in [0.15, 0.2) is 0 Å². The lowest BCUT2D eigenvalue weighted by atomic mass is 10.1. The van der Waals surface area contributed by atoms with E-state index in [0.29, 0.717) is 6.61 Å². The Kier molecular flexibility index (Phi) is 0.840. The molecule has 0 aromatic carbocycles. The zero-order chi connectivity index (χ0) is 6.72. The van der Waals surface area contributed by atoms with Crippen molar-refractivity contribution in [3.63, 3.8) is 0 Å². The van der Waals surface area contributed by atoms with E-state index in [0.717, 1.165) is 0 Å². The van der Waals surface area contributed by atoms with E-state index in [-0.39, 0.29) is 24.6 Å². The first-order chi connectivity index (χ1) is 4.86. The van der Waals surface area contributed by atoms with Crippen molar-refractivity contribution in [3.05, 3.63) is 0 Å². The van der Waals surface area contributed by atoms with Crippen LogP contribution in [0, 0.1) is 0 Å². The number of aliphatic hydroxyl groups excluding tert-OH is 1. The van der Waals surface area contributed by atoms with Crippen molar-refractivity contribution in [2.45, 2.75) is 30.7 Å². The van der Waals surface area contributed by atoms with E-state index < -0.39 is 6.10 Å². The molecule has 0 saturated carbocycles. The Morgan fingerprint density at radius 1 is 1.20 bits per heavy atom. The molecule has 3 rings (SSSR count). The van der Waals surface area contributed by atoms with Crippen LogP contribution < -0.4 is 0 Å². The number of hydrogen-bond donors (Lipinski definition) is 1. The molecule has 2 bridgehead atoms. The fourth-order valence-corrected chi connectivity index (χ4v) is 1.63. The molecule has 3 aliphatic heterocycles. The molecule has 3 aliphatic rings. The lowest BCUT2D eigenvalue weighted by molar-refractivity contribution is -0.103. The molecule has 3 saturated heterocycles. The highest BCUT2D eigenvalue weighted by molar-refractivity contribution is 5.03. The van der Waals surface area contributed by atoms with Crippen LogP contribution in [0.25, 0.3) is 0 Å². The molecule has 4 heteroatoms. The van der Waals surface area contributed by atoms with Crippen LogP contribution in [0.4, 0.5) is 0 Å². The highest BCUT2D eigenvalue weighted by Gasteiger charge is 2.61. The maximum Gasteiger partial charge on any atom is 0.187 e. The maximum absolute atomic E-state index is 9.38. The minimum absolute atomic E-state index is 0.00810. The summed E-state index contributed by atoms with van der Waals surface area (Å²) in [4.78, 5) is 0. The van der Waals surface area contributed by atoms with Crippen LogP contribution in [0.2, 0.25) is 0 Å². The van der Waals surface area contributed by atoms with Crippen molar-refractivity contribution >= 4 is 0 Å². The first kappa shape index (κ1) is 5.49. The molecule has 0 spiro atoms. The largest absolute Gasteiger partial charge is 0.387 e. The summed E-state index contributed by atoms with van der Waals surface area (Å²) in [6.07, 6.45) is -0.809. The molecule has 3 fully saturated rings. The third kappa shape index (κ3) is 0.509. The summed E-state index contributed by atoms with van der Waals surface area (Å²) in [6.45, 7) is 0.516. The molecule has 0 aromatic rings. The van der Waals surface area contributed by atoms with Gasteiger partial charge in [0, 0.05) is 0 Å². The van der Waals surface area contributed by atoms with E-state index in [1.54, 1.807) is 0 Å². The highest BCUT2D eigenvalue weighted by Crippen LogP contribution is 2.41. The molecular formula is C6H8O4. The van der Waals surface area contributed by atoms with Crippen molar-refractivity contribution in [1.29, 1.82) is 0 Å². The van der Waals surface area contributed by atoms with Gasteiger partial charge in [-0.3, -0.25) is 0 Å². The van der Waals surface area contributed by atoms with E-state index >= 15 is 0 Å². The number of fused-ring (bicyclic) bond motifs is 4. The van der Waals surface area contributed by atoms with Gasteiger partial charge in [-0.2, -0.15) is 0 Å². The summed E-state index contributed by atoms with van der Waals surface area (Å²) in [5.41, 5.74) is 0. The Hall–Kier alpha value is -0.160. The predicted molar refractivity (Wildman–Crippen MR) is 29.3 cm³/mol. The number of aliphatic hydroxyl groups is 1. The number of hydrogen-bond acceptors (Lipinski definition) is 4. The maximum atomic E-state index is 9.38. The van der Waals surface area contributed by atoms with Crippen molar-refractivity contribution in [1.82, 2.24) is 0 Å². The highest BCUT2D eigenvalue weighted by atomic mass is 16.8. The molecule has 4 nitrogen and oxygen atoms in total. The van der Waals surface area contributed by atoms with Gasteiger partial charge in [-0.15, -0.1) is 0 Å². The molecule has 0 aromatic heterocycles. The van der Waals surface area contributed by atoms with Gasteiger partial charge in [0.25, 0.3) is 0 Å². The first-order valence-corrected chi connectivity index (χ1v) is 3.47. The second kappa shape index (κ2) is 1.53. The summed E-state index contributed by atoms with van der Waals surface area (Å²) < 4.78 is 15.6. The van der Waals surface area contributed by atoms with Gasteiger partial charge in [-0.25, -0.2) is 0 Å². The molecule has 0 amide bonds. The van der Waals surface area contributed by atoms with Gasteiger partial charge < -0.3 is 19.3 Å². The van der Waals surface area contributed by atoms with Crippen LogP contribution in [0.1, 0.15) is 0 Å². The summed E-state index contributed by atoms with van der Waals surface area (Å²) in [6, 6.07) is 0. The van der Waals surface area contributed by atoms with E-state index in [1.807, 2.05) is 0 Å². The van der Waals surface area contributed by atoms with Gasteiger partial charge >= 0.3 is 0 Å². The molecule has 10 heavy (non-hydrogen) atoms. The van der Waals surface area contributed by atoms with Gasteiger partial charge in [0.2, 0.25) is 0 Å². The predicted octanol–water partition coefficient (Wildman–Crippen LogP) is -1.13. The van der Waals surface area contributed by atoms with Gasteiger partial charge in [0.15, 0.2) is 6.29 Å². The molecule has 0 unspecified atom stereocenters. The van der Waals surface area contributed by atoms with Crippen molar-refractivity contribution in [2.24, 2.45) is 0 Å². The fraction of sp³-hybridized carbons (Fsp3) is 1.00. The zero-order valence-corrected chi connectivity index (χ0v) is 5.27. The average molecular weight is 144 g/mol. The number of epoxide rings is 1. The lowest BCUT2D eigenvalue weighted by Crippen LogP contribution is -2.39. The summed E-state index contributed by atoms with van der Waals surface area (Å²) in [5, 5.41) is 9.38. The Bertz CT molecular complexity index is 169. The Morgan fingerprint density at radius 2 is 2.10 bits per heavy atom. The van der Waals surface area contributed by atoms with E-state index in [9.17, 15) is 5.11 Å². The standard InChI is InChI=1S/C6H8O4/c7-3-2-1-8-6(9-2)5-4(3)10-5/h2-7H,1H2/t2-,3+,4-,5-,6-/m1/s1. The van der Waals surface area contributed by atoms with Gasteiger partial charge in [0.1, 0.15) is 24.4 Å². The van der Waals surface area contributed by atoms with Crippen LogP contribution in [-0.2, 0) is 14.2 Å². The topological polar surface area (TPSA) is 51.2 Å². The summed E-state index contributed by atoms with van der Waals surface area (Å²) >= 11 is 0. The van der Waals surface area contributed by atoms with E-state index in [4.69, 9.17) is 14.2 Å². The molecule has 0 radical (unpaired) electrons. The minimum atomic E-state index is -0.469. The monoisotopic (exact) mass is 144 g/mol. The van der Waals surface area contributed by atoms with Gasteiger partial charge in [-0.05, 0) is 0 Å². The minimum Gasteiger partial charge on any atom is -0.387 e. The second-order valence-corrected chi connectivity index (χ2v) is 2.93. The molecule has 56 valence electrons. The van der Waals surface area contributed by atoms with Crippen LogP contribution >= 0.6 is 0 Å². The van der Waals surface area contributed by atoms with Crippen LogP contribution in [-0.4, -0.2) is 42.4 Å². The molecule has 0 aliphatic carbocycles. The third-order valence-corrected chi connectivity index (χ3v) is 2.28. The first-order valence-electron chi connectivity index (χ1n) is 3.47. The lowest BCUT2D eigenvalue weighted by Gasteiger charge is -2.18. The Morgan fingerprint density at radius 3 is 3.00 bits per heavy atom. The van der Waals surface area contributed by atoms with Crippen molar-refractivity contribution in [2.75, 3.05) is 6.61 Å². The van der Waals surface area contributed by atoms with Crippen molar-refractivity contribution in [3.8, 4) is 0 Å². The Balaban J connectivity index is 1.91. The van der Waals surface area contributed by atoms with Crippen LogP contribution in [0.5, 0.6) is 0 Å². The number of rotatable bonds is 0. The molecular weight excluding hydrogens is 136 g/mol. The molecule has 1 N–H and O–H groups in total. The molecule has 5 atom stereocenters. The zero-order valence-electron chi connectivity index (χ0n) is 5.27. The average Bonchev–Trinajstić information content (AvgIpc) is 2.61. The Labute approximate surface area is 57.7 Å². The smallest absolute Gasteiger partial charge is 0.187 e. The molecule has 3 heterocycles. The van der Waals surface area contributed by atoms with E-state index in [2.05, 4.69) is 0 Å². The SMILES string of the molecule is O[C@@H]1[C@H]2O[C@H]2[C@@H]2OC[C@H]1O2. The van der Waals surface area contributed by atoms with E-state index in [1.165, 1.54) is 0 Å². The third-order valence-electron chi connectivity index (χ3n) is 2.28. The number of ether oxygens (including phenoxy) is 3. The summed E-state index contributed by atoms with van der Waals surface area (Å²) in [5.74, 6) is 0. The quantitative estimate of drug-likeness (QED) is 0.437. The fourth-order valence-electron chi connectivity index (χ4n) is 1.63. The van der Waals surface area contributed by atoms with Gasteiger partial charge in [0.05, 0.1) is 6.61 Å².